The van der Waals surface area contributed by atoms with E-state index in [9.17, 15) is 65.1 Å². The molecule has 0 aromatic carbocycles. The predicted molar refractivity (Wildman–Crippen MR) is 177 cm³/mol. The molecule has 24 nitrogen and oxygen atoms in total. The van der Waals surface area contributed by atoms with Crippen molar-refractivity contribution in [3.05, 3.63) is 0 Å². The number of nitrogens with one attached hydrogen (secondary N) is 3. The molecule has 0 aromatic rings. The van der Waals surface area contributed by atoms with Crippen molar-refractivity contribution in [2.24, 2.45) is 0 Å². The van der Waals surface area contributed by atoms with Gasteiger partial charge in [0.25, 0.3) is 0 Å². The van der Waals surface area contributed by atoms with Gasteiger partial charge in [0, 0.05) is 20.8 Å². The van der Waals surface area contributed by atoms with Gasteiger partial charge >= 0.3 is 0 Å². The van der Waals surface area contributed by atoms with Crippen LogP contribution in [0, 0.1) is 0 Å². The number of hydrogen-bond donors (Lipinski definition) is 12. The quantitative estimate of drug-likeness (QED) is 0.0683. The van der Waals surface area contributed by atoms with Gasteiger partial charge in [-0.15, -0.1) is 0 Å². The first kappa shape index (κ1) is 46.1. The smallest absolute Gasteiger partial charge is 0.217 e. The Bertz CT molecular complexity index is 1320. The van der Waals surface area contributed by atoms with Crippen molar-refractivity contribution in [1.29, 1.82) is 0 Å². The second kappa shape index (κ2) is 20.4. The van der Waals surface area contributed by atoms with E-state index < -0.39 is 167 Å². The average Bonchev–Trinajstić information content (AvgIpc) is 3.14. The maximum absolute atomic E-state index is 12.6. The monoisotopic (exact) mass is 815 g/mol. The van der Waals surface area contributed by atoms with Gasteiger partial charge in [0.2, 0.25) is 17.7 Å². The largest absolute Gasteiger partial charge is 0.394 e. The van der Waals surface area contributed by atoms with E-state index in [1.165, 1.54) is 6.92 Å². The number of carbonyl (C=O) groups excluding carboxylic acids is 4. The van der Waals surface area contributed by atoms with Gasteiger partial charge in [-0.05, 0) is 6.92 Å². The third kappa shape index (κ3) is 10.5. The number of aldehydes is 1. The van der Waals surface area contributed by atoms with Crippen LogP contribution in [0.1, 0.15) is 27.7 Å². The minimum Gasteiger partial charge on any atom is -0.394 e. The van der Waals surface area contributed by atoms with Gasteiger partial charge in [0.05, 0.1) is 25.9 Å². The Morgan fingerprint density at radius 1 is 0.536 bits per heavy atom. The van der Waals surface area contributed by atoms with Gasteiger partial charge in [0.1, 0.15) is 104 Å². The van der Waals surface area contributed by atoms with Crippen LogP contribution >= 0.6 is 0 Å². The Balaban J connectivity index is 1.79. The fourth-order valence-corrected chi connectivity index (χ4v) is 6.94. The van der Waals surface area contributed by atoms with Crippen molar-refractivity contribution < 1.29 is 103 Å². The zero-order valence-electron chi connectivity index (χ0n) is 30.9. The summed E-state index contributed by atoms with van der Waals surface area (Å²) in [5.74, 6) is -2.12. The molecule has 20 unspecified atom stereocenters. The van der Waals surface area contributed by atoms with Crippen LogP contribution in [0.4, 0.5) is 0 Å². The lowest BCUT2D eigenvalue weighted by atomic mass is 9.93. The van der Waals surface area contributed by atoms with Gasteiger partial charge in [-0.25, -0.2) is 0 Å². The van der Waals surface area contributed by atoms with E-state index >= 15 is 0 Å². The Kier molecular flexibility index (Phi) is 16.8. The van der Waals surface area contributed by atoms with E-state index in [4.69, 9.17) is 37.9 Å². The molecule has 4 heterocycles. The molecule has 4 saturated heterocycles. The summed E-state index contributed by atoms with van der Waals surface area (Å²) in [6.07, 6.45) is -28.0. The first-order chi connectivity index (χ1) is 26.5. The van der Waals surface area contributed by atoms with Crippen molar-refractivity contribution >= 4 is 24.0 Å². The van der Waals surface area contributed by atoms with E-state index in [1.54, 1.807) is 0 Å². The summed E-state index contributed by atoms with van der Waals surface area (Å²) in [5.41, 5.74) is 0. The lowest BCUT2D eigenvalue weighted by Crippen LogP contribution is -2.71. The van der Waals surface area contributed by atoms with Crippen LogP contribution in [-0.2, 0) is 57.1 Å². The molecule has 4 fully saturated rings. The summed E-state index contributed by atoms with van der Waals surface area (Å²) in [4.78, 5) is 48.2. The summed E-state index contributed by atoms with van der Waals surface area (Å²) in [5, 5.41) is 103. The van der Waals surface area contributed by atoms with Crippen LogP contribution in [-0.4, -0.2) is 219 Å². The number of ether oxygens (including phenoxy) is 8. The second-order valence-corrected chi connectivity index (χ2v) is 13.8. The summed E-state index contributed by atoms with van der Waals surface area (Å²) >= 11 is 0. The Hall–Kier alpha value is -2.60. The van der Waals surface area contributed by atoms with E-state index in [-0.39, 0.29) is 0 Å². The standard InChI is InChI=1S/C32H53N3O21/c1-10-20(43)25(48)28(56-31-18(34-12(3)41)24(47)22(45)15(8-38)52-31)32(50-10)55-27-19(35-13(4)42)29(49-6-5-36)53-16(9-39)26(27)54-30-17(33-11(2)40)23(46)21(44)14(7-37)51-30/h5,10,14-32,37-39,43-48H,6-9H2,1-4H3,(H,33,40)(H,34,41)(H,35,42). The fraction of sp³-hybridized carbons (Fsp3) is 0.875. The molecule has 0 spiro atoms. The van der Waals surface area contributed by atoms with Crippen molar-refractivity contribution in [3.8, 4) is 0 Å². The van der Waals surface area contributed by atoms with Crippen LogP contribution < -0.4 is 16.0 Å². The molecule has 322 valence electrons. The number of aliphatic hydroxyl groups is 9. The van der Waals surface area contributed by atoms with Gasteiger partial charge in [-0.3, -0.25) is 14.4 Å². The minimum absolute atomic E-state index is 0.366. The number of amides is 3. The minimum atomic E-state index is -1.90. The molecule has 20 atom stereocenters. The maximum Gasteiger partial charge on any atom is 0.217 e. The normalized spacial score (nSPS) is 44.4. The Morgan fingerprint density at radius 3 is 1.41 bits per heavy atom. The summed E-state index contributed by atoms with van der Waals surface area (Å²) in [6.45, 7) is 1.51. The summed E-state index contributed by atoms with van der Waals surface area (Å²) in [6, 6.07) is -4.55. The van der Waals surface area contributed by atoms with E-state index in [0.29, 0.717) is 6.29 Å². The molecule has 0 aliphatic carbocycles. The topological polar surface area (TPSA) is 360 Å². The first-order valence-electron chi connectivity index (χ1n) is 17.8. The highest BCUT2D eigenvalue weighted by atomic mass is 16.8. The zero-order chi connectivity index (χ0) is 41.6. The molecular formula is C32H53N3O21. The third-order valence-electron chi connectivity index (χ3n) is 9.68. The molecule has 12 N–H and O–H groups in total. The molecule has 3 amide bonds. The molecule has 4 aliphatic rings. The molecule has 0 saturated carbocycles. The molecule has 4 aliphatic heterocycles. The van der Waals surface area contributed by atoms with Crippen molar-refractivity contribution in [2.45, 2.75) is 150 Å². The summed E-state index contributed by atoms with van der Waals surface area (Å²) in [7, 11) is 0. The van der Waals surface area contributed by atoms with E-state index in [0.717, 1.165) is 20.8 Å². The summed E-state index contributed by atoms with van der Waals surface area (Å²) < 4.78 is 47.4. The predicted octanol–water partition coefficient (Wildman–Crippen LogP) is -8.07. The van der Waals surface area contributed by atoms with E-state index in [2.05, 4.69) is 16.0 Å². The number of rotatable bonds is 15. The third-order valence-corrected chi connectivity index (χ3v) is 9.68. The Labute approximate surface area is 319 Å². The number of aliphatic hydroxyl groups excluding tert-OH is 9. The van der Waals surface area contributed by atoms with Crippen molar-refractivity contribution in [1.82, 2.24) is 16.0 Å². The van der Waals surface area contributed by atoms with Crippen LogP contribution in [0.3, 0.4) is 0 Å². The molecular weight excluding hydrogens is 762 g/mol. The highest BCUT2D eigenvalue weighted by molar-refractivity contribution is 5.74. The number of carbonyl (C=O) groups is 4. The van der Waals surface area contributed by atoms with Crippen molar-refractivity contribution in [2.75, 3.05) is 26.4 Å². The van der Waals surface area contributed by atoms with Gasteiger partial charge in [0.15, 0.2) is 25.2 Å². The molecule has 0 bridgehead atoms. The van der Waals surface area contributed by atoms with Crippen LogP contribution in [0.5, 0.6) is 0 Å². The van der Waals surface area contributed by atoms with E-state index in [1.807, 2.05) is 0 Å². The van der Waals surface area contributed by atoms with Crippen LogP contribution in [0.2, 0.25) is 0 Å². The van der Waals surface area contributed by atoms with Gasteiger partial charge in [-0.2, -0.15) is 0 Å². The SMILES string of the molecule is CC(=O)NC1C(OC2C(OC3C(NC(C)=O)C(OCC=O)OC(CO)C3OC3OC(CO)C(O)C(O)C3NC(C)=O)OC(C)C(O)C2O)OC(CO)C(O)C1O. The fourth-order valence-electron chi connectivity index (χ4n) is 6.94. The first-order valence-corrected chi connectivity index (χ1v) is 17.8. The lowest BCUT2D eigenvalue weighted by molar-refractivity contribution is -0.382. The van der Waals surface area contributed by atoms with Gasteiger partial charge < -0.3 is 105 Å². The molecule has 24 heteroatoms. The van der Waals surface area contributed by atoms with Crippen molar-refractivity contribution in [3.63, 3.8) is 0 Å². The highest BCUT2D eigenvalue weighted by Gasteiger charge is 2.56. The molecule has 0 radical (unpaired) electrons. The van der Waals surface area contributed by atoms with Crippen LogP contribution in [0.15, 0.2) is 0 Å². The zero-order valence-corrected chi connectivity index (χ0v) is 30.9. The number of hydrogen-bond acceptors (Lipinski definition) is 21. The average molecular weight is 816 g/mol. The maximum atomic E-state index is 12.6. The molecule has 4 rings (SSSR count). The van der Waals surface area contributed by atoms with Gasteiger partial charge in [-0.1, -0.05) is 0 Å². The van der Waals surface area contributed by atoms with Crippen LogP contribution in [0.25, 0.3) is 0 Å². The molecule has 56 heavy (non-hydrogen) atoms. The highest BCUT2D eigenvalue weighted by Crippen LogP contribution is 2.36. The Morgan fingerprint density at radius 2 is 0.964 bits per heavy atom. The lowest BCUT2D eigenvalue weighted by Gasteiger charge is -2.51. The second-order valence-electron chi connectivity index (χ2n) is 13.8. The molecule has 0 aromatic heterocycles.